The Morgan fingerprint density at radius 3 is 2.73 bits per heavy atom. The maximum absolute atomic E-state index is 13.0. The van der Waals surface area contributed by atoms with E-state index in [1.807, 2.05) is 9.80 Å². The molecule has 2 atom stereocenters. The summed E-state index contributed by atoms with van der Waals surface area (Å²) in [6.07, 6.45) is 3.19. The second kappa shape index (κ2) is 9.23. The maximum Gasteiger partial charge on any atom is 0.320 e. The van der Waals surface area contributed by atoms with Crippen LogP contribution in [0.3, 0.4) is 0 Å². The van der Waals surface area contributed by atoms with Gasteiger partial charge < -0.3 is 19.3 Å². The third kappa shape index (κ3) is 4.71. The third-order valence-corrected chi connectivity index (χ3v) is 6.60. The number of carbonyl (C=O) groups is 2. The first-order valence-electron chi connectivity index (χ1n) is 10.5. The van der Waals surface area contributed by atoms with E-state index >= 15 is 0 Å². The molecule has 3 heterocycles. The number of ether oxygens (including phenoxy) is 2. The predicted molar refractivity (Wildman–Crippen MR) is 110 cm³/mol. The van der Waals surface area contributed by atoms with Crippen LogP contribution in [-0.2, 0) is 9.53 Å². The van der Waals surface area contributed by atoms with E-state index in [2.05, 4.69) is 6.07 Å². The van der Waals surface area contributed by atoms with Crippen molar-refractivity contribution in [1.82, 2.24) is 9.80 Å². The molecule has 3 aliphatic rings. The standard InChI is InChI=1S/C22H26ClN3O4/c23-19-9-16(11-24)1-2-21(19)29-13-15-3-6-25(7-4-15)22(28)26-8-5-20-17(12-26)10-18(27)14-30-20/h1-2,9,15,17,20H,3-8,10,12-14H2/t17-,20+/m1/s1. The van der Waals surface area contributed by atoms with Gasteiger partial charge in [-0.3, -0.25) is 4.79 Å². The molecule has 3 saturated heterocycles. The molecule has 3 aliphatic heterocycles. The number of nitrogens with zero attached hydrogens (tertiary/aromatic N) is 3. The molecule has 0 aliphatic carbocycles. The van der Waals surface area contributed by atoms with Crippen LogP contribution in [0.15, 0.2) is 18.2 Å². The van der Waals surface area contributed by atoms with Crippen molar-refractivity contribution in [3.05, 3.63) is 28.8 Å². The zero-order valence-electron chi connectivity index (χ0n) is 16.9. The molecule has 2 amide bonds. The van der Waals surface area contributed by atoms with Crippen molar-refractivity contribution in [3.63, 3.8) is 0 Å². The summed E-state index contributed by atoms with van der Waals surface area (Å²) in [5, 5.41) is 9.35. The van der Waals surface area contributed by atoms with E-state index < -0.39 is 0 Å². The molecule has 0 spiro atoms. The number of hydrogen-bond acceptors (Lipinski definition) is 5. The number of hydrogen-bond donors (Lipinski definition) is 0. The van der Waals surface area contributed by atoms with Gasteiger partial charge in [0, 0.05) is 38.5 Å². The molecule has 4 rings (SSSR count). The summed E-state index contributed by atoms with van der Waals surface area (Å²) in [7, 11) is 0. The van der Waals surface area contributed by atoms with Gasteiger partial charge in [0.1, 0.15) is 12.4 Å². The summed E-state index contributed by atoms with van der Waals surface area (Å²) >= 11 is 6.17. The van der Waals surface area contributed by atoms with Gasteiger partial charge in [-0.1, -0.05) is 11.6 Å². The number of nitriles is 1. The van der Waals surface area contributed by atoms with E-state index in [4.69, 9.17) is 26.3 Å². The monoisotopic (exact) mass is 431 g/mol. The molecule has 8 heteroatoms. The normalized spacial score (nSPS) is 24.9. The molecule has 0 saturated carbocycles. The van der Waals surface area contributed by atoms with E-state index in [9.17, 15) is 9.59 Å². The van der Waals surface area contributed by atoms with Crippen molar-refractivity contribution >= 4 is 23.4 Å². The highest BCUT2D eigenvalue weighted by Gasteiger charge is 2.38. The van der Waals surface area contributed by atoms with Crippen LogP contribution in [-0.4, -0.2) is 67.1 Å². The summed E-state index contributed by atoms with van der Waals surface area (Å²) in [4.78, 5) is 28.4. The molecule has 0 bridgehead atoms. The summed E-state index contributed by atoms with van der Waals surface area (Å²) in [5.41, 5.74) is 0.507. The number of urea groups is 1. The fraction of sp³-hybridized carbons (Fsp3) is 0.591. The van der Waals surface area contributed by atoms with Gasteiger partial charge in [0.25, 0.3) is 0 Å². The van der Waals surface area contributed by atoms with Crippen LogP contribution >= 0.6 is 11.6 Å². The maximum atomic E-state index is 13.0. The third-order valence-electron chi connectivity index (χ3n) is 6.30. The summed E-state index contributed by atoms with van der Waals surface area (Å²) < 4.78 is 11.5. The largest absolute Gasteiger partial charge is 0.492 e. The molecule has 3 fully saturated rings. The number of Topliss-reactive ketones (excluding diaryl/α,β-unsaturated/α-hetero) is 1. The molecule has 30 heavy (non-hydrogen) atoms. The molecule has 0 N–H and O–H groups in total. The van der Waals surface area contributed by atoms with Crippen LogP contribution in [0.5, 0.6) is 5.75 Å². The van der Waals surface area contributed by atoms with Crippen molar-refractivity contribution < 1.29 is 19.1 Å². The Balaban J connectivity index is 1.24. The highest BCUT2D eigenvalue weighted by Crippen LogP contribution is 2.29. The molecular weight excluding hydrogens is 406 g/mol. The fourth-order valence-electron chi connectivity index (χ4n) is 4.54. The van der Waals surface area contributed by atoms with Crippen LogP contribution in [0.25, 0.3) is 0 Å². The highest BCUT2D eigenvalue weighted by atomic mass is 35.5. The van der Waals surface area contributed by atoms with Crippen molar-refractivity contribution in [3.8, 4) is 11.8 Å². The molecule has 0 radical (unpaired) electrons. The molecule has 0 unspecified atom stereocenters. The summed E-state index contributed by atoms with van der Waals surface area (Å²) in [6.45, 7) is 3.46. The SMILES string of the molecule is N#Cc1ccc(OCC2CCN(C(=O)N3CC[C@@H]4OCC(=O)C[C@@H]4C3)CC2)c(Cl)c1. The molecular formula is C22H26ClN3O4. The second-order valence-corrected chi connectivity index (χ2v) is 8.78. The van der Waals surface area contributed by atoms with E-state index in [1.54, 1.807) is 18.2 Å². The zero-order valence-corrected chi connectivity index (χ0v) is 17.6. The van der Waals surface area contributed by atoms with Gasteiger partial charge in [-0.2, -0.15) is 5.26 Å². The first-order chi connectivity index (χ1) is 14.5. The number of carbonyl (C=O) groups excluding carboxylic acids is 2. The highest BCUT2D eigenvalue weighted by molar-refractivity contribution is 6.32. The van der Waals surface area contributed by atoms with Crippen LogP contribution in [0.2, 0.25) is 5.02 Å². The molecule has 160 valence electrons. The summed E-state index contributed by atoms with van der Waals surface area (Å²) in [5.74, 6) is 1.21. The van der Waals surface area contributed by atoms with Crippen LogP contribution < -0.4 is 4.74 Å². The first-order valence-corrected chi connectivity index (χ1v) is 10.9. The lowest BCUT2D eigenvalue weighted by molar-refractivity contribution is -0.140. The second-order valence-electron chi connectivity index (χ2n) is 8.37. The number of amides is 2. The lowest BCUT2D eigenvalue weighted by Gasteiger charge is -2.43. The Morgan fingerprint density at radius 2 is 2.00 bits per heavy atom. The molecule has 1 aromatic rings. The Kier molecular flexibility index (Phi) is 6.45. The van der Waals surface area contributed by atoms with Gasteiger partial charge in [0.05, 0.1) is 29.4 Å². The molecule has 7 nitrogen and oxygen atoms in total. The average Bonchev–Trinajstić information content (AvgIpc) is 2.77. The zero-order chi connectivity index (χ0) is 21.1. The van der Waals surface area contributed by atoms with Crippen molar-refractivity contribution in [2.24, 2.45) is 11.8 Å². The van der Waals surface area contributed by atoms with Crippen LogP contribution in [0, 0.1) is 23.2 Å². The topological polar surface area (TPSA) is 82.9 Å². The number of ketones is 1. The quantitative estimate of drug-likeness (QED) is 0.734. The van der Waals surface area contributed by atoms with Gasteiger partial charge >= 0.3 is 6.03 Å². The van der Waals surface area contributed by atoms with Gasteiger partial charge in [-0.05, 0) is 43.4 Å². The Hall–Kier alpha value is -2.30. The van der Waals surface area contributed by atoms with Crippen molar-refractivity contribution in [2.45, 2.75) is 31.8 Å². The van der Waals surface area contributed by atoms with E-state index in [0.29, 0.717) is 61.5 Å². The number of benzene rings is 1. The number of likely N-dealkylation sites (tertiary alicyclic amines) is 2. The first kappa shape index (κ1) is 21.0. The van der Waals surface area contributed by atoms with Crippen LogP contribution in [0.1, 0.15) is 31.2 Å². The smallest absolute Gasteiger partial charge is 0.320 e. The van der Waals surface area contributed by atoms with Gasteiger partial charge in [-0.15, -0.1) is 0 Å². The fourth-order valence-corrected chi connectivity index (χ4v) is 4.77. The predicted octanol–water partition coefficient (Wildman–Crippen LogP) is 3.10. The van der Waals surface area contributed by atoms with Crippen LogP contribution in [0.4, 0.5) is 4.79 Å². The van der Waals surface area contributed by atoms with Gasteiger partial charge in [-0.25, -0.2) is 4.79 Å². The number of halogens is 1. The lowest BCUT2D eigenvalue weighted by Crippen LogP contribution is -2.54. The molecule has 1 aromatic carbocycles. The minimum atomic E-state index is 0.0703. The number of fused-ring (bicyclic) bond motifs is 1. The van der Waals surface area contributed by atoms with Crippen molar-refractivity contribution in [2.75, 3.05) is 39.4 Å². The minimum Gasteiger partial charge on any atom is -0.492 e. The summed E-state index contributed by atoms with van der Waals surface area (Å²) in [6, 6.07) is 7.15. The average molecular weight is 432 g/mol. The van der Waals surface area contributed by atoms with E-state index in [1.165, 1.54) is 0 Å². The Bertz CT molecular complexity index is 847. The Morgan fingerprint density at radius 1 is 1.23 bits per heavy atom. The molecule has 0 aromatic heterocycles. The van der Waals surface area contributed by atoms with Crippen molar-refractivity contribution in [1.29, 1.82) is 5.26 Å². The van der Waals surface area contributed by atoms with E-state index in [-0.39, 0.29) is 30.4 Å². The number of rotatable bonds is 3. The number of piperidine rings is 2. The van der Waals surface area contributed by atoms with Gasteiger partial charge in [0.2, 0.25) is 0 Å². The minimum absolute atomic E-state index is 0.0703. The lowest BCUT2D eigenvalue weighted by atomic mass is 9.88. The Labute approximate surface area is 181 Å². The van der Waals surface area contributed by atoms with E-state index in [0.717, 1.165) is 19.3 Å². The van der Waals surface area contributed by atoms with Gasteiger partial charge in [0.15, 0.2) is 5.78 Å².